The van der Waals surface area contributed by atoms with Crippen LogP contribution in [0.3, 0.4) is 0 Å². The Morgan fingerprint density at radius 1 is 0.923 bits per heavy atom. The van der Waals surface area contributed by atoms with Crippen molar-refractivity contribution >= 4 is 27.5 Å². The number of hydrogen-bond acceptors (Lipinski definition) is 5. The van der Waals surface area contributed by atoms with E-state index in [9.17, 15) is 18.0 Å². The molecule has 0 saturated heterocycles. The van der Waals surface area contributed by atoms with Gasteiger partial charge in [0.25, 0.3) is 10.0 Å². The van der Waals surface area contributed by atoms with E-state index in [1.54, 1.807) is 49.6 Å². The molecule has 39 heavy (non-hydrogen) atoms. The first-order chi connectivity index (χ1) is 18.5. The molecule has 8 nitrogen and oxygen atoms in total. The summed E-state index contributed by atoms with van der Waals surface area (Å²) < 4.78 is 34.4. The number of likely N-dealkylation sites (N-methyl/N-ethyl adjacent to an activating group) is 1. The number of aryl methyl sites for hydroxylation is 3. The number of nitrogens with zero attached hydrogens (tertiary/aromatic N) is 2. The summed E-state index contributed by atoms with van der Waals surface area (Å²) in [5.74, 6) is -0.206. The number of amides is 2. The normalized spacial score (nSPS) is 11.9. The number of benzene rings is 3. The van der Waals surface area contributed by atoms with Crippen LogP contribution < -0.4 is 14.4 Å². The van der Waals surface area contributed by atoms with Crippen LogP contribution in [0.25, 0.3) is 0 Å². The second-order valence-electron chi connectivity index (χ2n) is 9.58. The minimum Gasteiger partial charge on any atom is -0.497 e. The number of anilines is 1. The molecule has 208 valence electrons. The van der Waals surface area contributed by atoms with E-state index in [0.717, 1.165) is 26.6 Å². The Morgan fingerprint density at radius 2 is 1.56 bits per heavy atom. The number of methoxy groups -OCH3 is 1. The van der Waals surface area contributed by atoms with Crippen molar-refractivity contribution in [3.8, 4) is 5.75 Å². The van der Waals surface area contributed by atoms with Gasteiger partial charge in [0.1, 0.15) is 18.3 Å². The highest BCUT2D eigenvalue weighted by Crippen LogP contribution is 2.27. The molecule has 0 saturated carbocycles. The quantitative estimate of drug-likeness (QED) is 0.382. The van der Waals surface area contributed by atoms with Crippen molar-refractivity contribution in [2.45, 2.75) is 51.6 Å². The van der Waals surface area contributed by atoms with E-state index in [2.05, 4.69) is 5.32 Å². The fraction of sp³-hybridized carbons (Fsp3) is 0.333. The molecular formula is C30H37N3O5S. The van der Waals surface area contributed by atoms with E-state index < -0.39 is 28.5 Å². The van der Waals surface area contributed by atoms with E-state index >= 15 is 0 Å². The van der Waals surface area contributed by atoms with Crippen molar-refractivity contribution in [2.75, 3.05) is 25.0 Å². The van der Waals surface area contributed by atoms with Crippen LogP contribution in [-0.4, -0.2) is 51.9 Å². The second-order valence-corrected chi connectivity index (χ2v) is 11.4. The van der Waals surface area contributed by atoms with Gasteiger partial charge >= 0.3 is 0 Å². The SMILES string of the molecule is CC[C@H](C(=O)NC)N(Cc1cccc(OC)c1)C(=O)CN(c1cc(C)cc(C)c1)S(=O)(=O)c1ccc(C)cc1. The highest BCUT2D eigenvalue weighted by molar-refractivity contribution is 7.92. The van der Waals surface area contributed by atoms with Crippen LogP contribution in [0, 0.1) is 20.8 Å². The maximum absolute atomic E-state index is 14.0. The Bertz CT molecular complexity index is 1400. The molecule has 3 aromatic rings. The Balaban J connectivity index is 2.10. The van der Waals surface area contributed by atoms with Gasteiger partial charge in [0.15, 0.2) is 0 Å². The van der Waals surface area contributed by atoms with Crippen LogP contribution in [0.15, 0.2) is 71.6 Å². The van der Waals surface area contributed by atoms with Gasteiger partial charge in [-0.1, -0.05) is 42.8 Å². The van der Waals surface area contributed by atoms with Gasteiger partial charge in [-0.25, -0.2) is 8.42 Å². The maximum Gasteiger partial charge on any atom is 0.264 e. The van der Waals surface area contributed by atoms with Crippen molar-refractivity contribution in [3.05, 3.63) is 89.0 Å². The lowest BCUT2D eigenvalue weighted by Crippen LogP contribution is -2.51. The van der Waals surface area contributed by atoms with Crippen molar-refractivity contribution in [1.29, 1.82) is 0 Å². The molecule has 0 aliphatic heterocycles. The predicted molar refractivity (Wildman–Crippen MR) is 153 cm³/mol. The van der Waals surface area contributed by atoms with E-state index in [-0.39, 0.29) is 17.3 Å². The van der Waals surface area contributed by atoms with Crippen LogP contribution in [0.1, 0.15) is 35.6 Å². The Hall–Kier alpha value is -3.85. The molecule has 0 aliphatic carbocycles. The molecule has 0 radical (unpaired) electrons. The number of sulfonamides is 1. The summed E-state index contributed by atoms with van der Waals surface area (Å²) >= 11 is 0. The summed E-state index contributed by atoms with van der Waals surface area (Å²) in [5, 5.41) is 2.63. The van der Waals surface area contributed by atoms with Gasteiger partial charge in [-0.2, -0.15) is 0 Å². The standard InChI is InChI=1S/C30H37N3O5S/c1-7-28(30(35)31-5)32(19-24-9-8-10-26(18-24)38-6)29(34)20-33(25-16-22(3)15-23(4)17-25)39(36,37)27-13-11-21(2)12-14-27/h8-18,28H,7,19-20H2,1-6H3,(H,31,35)/t28-/m1/s1. The maximum atomic E-state index is 14.0. The molecule has 3 rings (SSSR count). The summed E-state index contributed by atoms with van der Waals surface area (Å²) in [6.45, 7) is 7.08. The van der Waals surface area contributed by atoms with Crippen LogP contribution >= 0.6 is 0 Å². The lowest BCUT2D eigenvalue weighted by atomic mass is 10.1. The van der Waals surface area contributed by atoms with Crippen molar-refractivity contribution in [2.24, 2.45) is 0 Å². The fourth-order valence-electron chi connectivity index (χ4n) is 4.51. The first-order valence-corrected chi connectivity index (χ1v) is 14.3. The third-order valence-electron chi connectivity index (χ3n) is 6.50. The zero-order valence-corrected chi connectivity index (χ0v) is 24.2. The third-order valence-corrected chi connectivity index (χ3v) is 8.29. The molecular weight excluding hydrogens is 514 g/mol. The number of carbonyl (C=O) groups is 2. The lowest BCUT2D eigenvalue weighted by molar-refractivity contribution is -0.140. The van der Waals surface area contributed by atoms with Crippen LogP contribution in [-0.2, 0) is 26.2 Å². The van der Waals surface area contributed by atoms with Gasteiger partial charge < -0.3 is 15.0 Å². The monoisotopic (exact) mass is 551 g/mol. The number of hydrogen-bond donors (Lipinski definition) is 1. The molecule has 0 fully saturated rings. The molecule has 9 heteroatoms. The lowest BCUT2D eigenvalue weighted by Gasteiger charge is -2.33. The topological polar surface area (TPSA) is 96.0 Å². The second kappa shape index (κ2) is 12.8. The molecule has 1 N–H and O–H groups in total. The first-order valence-electron chi connectivity index (χ1n) is 12.8. The number of nitrogens with one attached hydrogen (secondary N) is 1. The van der Waals surface area contributed by atoms with Crippen LogP contribution in [0.4, 0.5) is 5.69 Å². The zero-order valence-electron chi connectivity index (χ0n) is 23.4. The molecule has 0 spiro atoms. The van der Waals surface area contributed by atoms with Crippen LogP contribution in [0.5, 0.6) is 5.75 Å². The van der Waals surface area contributed by atoms with Crippen molar-refractivity contribution in [1.82, 2.24) is 10.2 Å². The summed E-state index contributed by atoms with van der Waals surface area (Å²) in [7, 11) is -1.04. The highest BCUT2D eigenvalue weighted by atomic mass is 32.2. The zero-order chi connectivity index (χ0) is 28.7. The van der Waals surface area contributed by atoms with Gasteiger partial charge in [0.2, 0.25) is 11.8 Å². The van der Waals surface area contributed by atoms with Crippen molar-refractivity contribution in [3.63, 3.8) is 0 Å². The minimum absolute atomic E-state index is 0.0812. The number of rotatable bonds is 11. The van der Waals surface area contributed by atoms with E-state index in [1.165, 1.54) is 24.1 Å². The highest BCUT2D eigenvalue weighted by Gasteiger charge is 2.33. The number of ether oxygens (including phenoxy) is 1. The fourth-order valence-corrected chi connectivity index (χ4v) is 5.91. The molecule has 3 aromatic carbocycles. The minimum atomic E-state index is -4.11. The summed E-state index contributed by atoms with van der Waals surface area (Å²) in [6, 6.07) is 18.4. The van der Waals surface area contributed by atoms with Gasteiger partial charge in [0.05, 0.1) is 17.7 Å². The van der Waals surface area contributed by atoms with Gasteiger partial charge in [0, 0.05) is 13.6 Å². The van der Waals surface area contributed by atoms with Gasteiger partial charge in [-0.3, -0.25) is 13.9 Å². The summed E-state index contributed by atoms with van der Waals surface area (Å²) in [4.78, 5) is 28.4. The Kier molecular flexibility index (Phi) is 9.75. The average molecular weight is 552 g/mol. The van der Waals surface area contributed by atoms with Gasteiger partial charge in [-0.15, -0.1) is 0 Å². The summed E-state index contributed by atoms with van der Waals surface area (Å²) in [6.07, 6.45) is 0.351. The number of carbonyl (C=O) groups excluding carboxylic acids is 2. The van der Waals surface area contributed by atoms with Gasteiger partial charge in [-0.05, 0) is 80.3 Å². The van der Waals surface area contributed by atoms with E-state index in [0.29, 0.717) is 17.9 Å². The molecule has 0 bridgehead atoms. The molecule has 0 aliphatic rings. The van der Waals surface area contributed by atoms with E-state index in [4.69, 9.17) is 4.74 Å². The van der Waals surface area contributed by atoms with Crippen LogP contribution in [0.2, 0.25) is 0 Å². The average Bonchev–Trinajstić information content (AvgIpc) is 2.90. The smallest absolute Gasteiger partial charge is 0.264 e. The van der Waals surface area contributed by atoms with E-state index in [1.807, 2.05) is 39.8 Å². The Morgan fingerprint density at radius 3 is 2.13 bits per heavy atom. The molecule has 0 heterocycles. The molecule has 0 unspecified atom stereocenters. The molecule has 2 amide bonds. The molecule has 0 aromatic heterocycles. The Labute approximate surface area is 231 Å². The molecule has 1 atom stereocenters. The third kappa shape index (κ3) is 7.17. The van der Waals surface area contributed by atoms with Crippen molar-refractivity contribution < 1.29 is 22.7 Å². The largest absolute Gasteiger partial charge is 0.497 e. The first kappa shape index (κ1) is 29.7. The summed E-state index contributed by atoms with van der Waals surface area (Å²) in [5.41, 5.74) is 3.79. The predicted octanol–water partition coefficient (Wildman–Crippen LogP) is 4.37.